The molecule has 29 heavy (non-hydrogen) atoms. The number of rotatable bonds is 5. The third-order valence-corrected chi connectivity index (χ3v) is 6.39. The first-order chi connectivity index (χ1) is 14.0. The second-order valence-electron chi connectivity index (χ2n) is 7.91. The quantitative estimate of drug-likeness (QED) is 0.781. The molecule has 1 aliphatic heterocycles. The molecule has 1 saturated carbocycles. The van der Waals surface area contributed by atoms with Crippen LogP contribution in [0, 0.1) is 0 Å². The minimum Gasteiger partial charge on any atom is -0.467 e. The van der Waals surface area contributed by atoms with Gasteiger partial charge < -0.3 is 24.1 Å². The molecule has 0 atom stereocenters. The van der Waals surface area contributed by atoms with Gasteiger partial charge in [0.2, 0.25) is 5.91 Å². The minimum atomic E-state index is -0.979. The number of amides is 1. The second-order valence-corrected chi connectivity index (χ2v) is 7.91. The van der Waals surface area contributed by atoms with E-state index in [2.05, 4.69) is 11.1 Å². The Morgan fingerprint density at radius 2 is 1.83 bits per heavy atom. The smallest absolute Gasteiger partial charge is 0.331 e. The standard InChI is InChI=1S/C22H28N2O5/c1-16(25)24(12-7-17-15-23-19-6-4-3-5-18(17)19)21(20(26)27-2)8-10-22(11-9-21)28-13-14-29-22/h3-6,15,23H,7-14H2,1-2H3. The topological polar surface area (TPSA) is 80.9 Å². The number of methoxy groups -OCH3 is 1. The zero-order valence-electron chi connectivity index (χ0n) is 17.0. The van der Waals surface area contributed by atoms with Gasteiger partial charge >= 0.3 is 5.97 Å². The highest BCUT2D eigenvalue weighted by Gasteiger charge is 2.54. The molecule has 2 aromatic rings. The van der Waals surface area contributed by atoms with Crippen LogP contribution in [-0.4, -0.2) is 60.0 Å². The Morgan fingerprint density at radius 3 is 2.48 bits per heavy atom. The normalized spacial score (nSPS) is 20.1. The maximum absolute atomic E-state index is 12.9. The van der Waals surface area contributed by atoms with Gasteiger partial charge in [0, 0.05) is 43.4 Å². The Kier molecular flexibility index (Phi) is 5.36. The molecule has 1 N–H and O–H groups in total. The van der Waals surface area contributed by atoms with Crippen LogP contribution in [0.4, 0.5) is 0 Å². The van der Waals surface area contributed by atoms with Crippen molar-refractivity contribution in [3.05, 3.63) is 36.0 Å². The Balaban J connectivity index is 1.57. The Bertz CT molecular complexity index is 889. The number of fused-ring (bicyclic) bond motifs is 1. The number of esters is 1. The van der Waals surface area contributed by atoms with Gasteiger partial charge in [-0.25, -0.2) is 4.79 Å². The molecule has 1 aromatic heterocycles. The van der Waals surface area contributed by atoms with Crippen molar-refractivity contribution < 1.29 is 23.8 Å². The van der Waals surface area contributed by atoms with Crippen LogP contribution in [0.2, 0.25) is 0 Å². The molecular formula is C22H28N2O5. The van der Waals surface area contributed by atoms with Gasteiger partial charge in [0.25, 0.3) is 0 Å². The summed E-state index contributed by atoms with van der Waals surface area (Å²) in [7, 11) is 1.38. The number of carbonyl (C=O) groups excluding carboxylic acids is 2. The van der Waals surface area contributed by atoms with Crippen molar-refractivity contribution in [1.29, 1.82) is 0 Å². The molecule has 0 unspecified atom stereocenters. The number of H-pyrrole nitrogens is 1. The SMILES string of the molecule is COC(=O)C1(N(CCc2c[nH]c3ccccc23)C(C)=O)CCC2(CC1)OCCO2. The summed E-state index contributed by atoms with van der Waals surface area (Å²) in [6, 6.07) is 8.08. The molecule has 7 nitrogen and oxygen atoms in total. The van der Waals surface area contributed by atoms with E-state index in [9.17, 15) is 9.59 Å². The van der Waals surface area contributed by atoms with Crippen LogP contribution >= 0.6 is 0 Å². The van der Waals surface area contributed by atoms with Crippen molar-refractivity contribution in [3.63, 3.8) is 0 Å². The van der Waals surface area contributed by atoms with Gasteiger partial charge in [-0.1, -0.05) is 18.2 Å². The first-order valence-corrected chi connectivity index (χ1v) is 10.2. The number of hydrogen-bond acceptors (Lipinski definition) is 5. The maximum atomic E-state index is 12.9. The fraction of sp³-hybridized carbons (Fsp3) is 0.545. The number of hydrogen-bond donors (Lipinski definition) is 1. The number of carbonyl (C=O) groups is 2. The van der Waals surface area contributed by atoms with Crippen molar-refractivity contribution in [2.75, 3.05) is 26.9 Å². The number of aromatic amines is 1. The summed E-state index contributed by atoms with van der Waals surface area (Å²) in [5.41, 5.74) is 1.21. The number of ether oxygens (including phenoxy) is 3. The fourth-order valence-electron chi connectivity index (χ4n) is 4.85. The van der Waals surface area contributed by atoms with Gasteiger partial charge in [-0.3, -0.25) is 4.79 Å². The van der Waals surface area contributed by atoms with E-state index < -0.39 is 11.3 Å². The summed E-state index contributed by atoms with van der Waals surface area (Å²) in [6.45, 7) is 3.11. The molecule has 156 valence electrons. The molecule has 4 rings (SSSR count). The van der Waals surface area contributed by atoms with Gasteiger partial charge in [-0.2, -0.15) is 0 Å². The summed E-state index contributed by atoms with van der Waals surface area (Å²) in [5.74, 6) is -1.10. The Labute approximate surface area is 170 Å². The molecule has 7 heteroatoms. The van der Waals surface area contributed by atoms with E-state index in [1.165, 1.54) is 14.0 Å². The van der Waals surface area contributed by atoms with Gasteiger partial charge in [-0.05, 0) is 30.9 Å². The number of nitrogens with zero attached hydrogens (tertiary/aromatic N) is 1. The lowest BCUT2D eigenvalue weighted by molar-refractivity contribution is -0.202. The molecule has 2 aliphatic rings. The molecule has 1 amide bonds. The van der Waals surface area contributed by atoms with Crippen LogP contribution in [0.3, 0.4) is 0 Å². The van der Waals surface area contributed by atoms with Crippen LogP contribution < -0.4 is 0 Å². The molecule has 1 aliphatic carbocycles. The molecule has 1 saturated heterocycles. The summed E-state index contributed by atoms with van der Waals surface area (Å²) in [5, 5.41) is 1.14. The second kappa shape index (κ2) is 7.80. The highest BCUT2D eigenvalue weighted by molar-refractivity contribution is 5.88. The van der Waals surface area contributed by atoms with Gasteiger partial charge in [0.15, 0.2) is 5.79 Å². The Hall–Kier alpha value is -2.38. The first-order valence-electron chi connectivity index (χ1n) is 10.2. The summed E-state index contributed by atoms with van der Waals surface area (Å²) in [4.78, 5) is 30.5. The molecule has 0 radical (unpaired) electrons. The largest absolute Gasteiger partial charge is 0.467 e. The zero-order chi connectivity index (χ0) is 20.5. The van der Waals surface area contributed by atoms with Crippen LogP contribution in [0.25, 0.3) is 10.9 Å². The lowest BCUT2D eigenvalue weighted by atomic mass is 9.77. The molecule has 1 spiro atoms. The fourth-order valence-corrected chi connectivity index (χ4v) is 4.85. The Morgan fingerprint density at radius 1 is 1.14 bits per heavy atom. The van der Waals surface area contributed by atoms with E-state index in [1.807, 2.05) is 24.4 Å². The third kappa shape index (κ3) is 3.53. The number of nitrogens with one attached hydrogen (secondary N) is 1. The predicted molar refractivity (Wildman–Crippen MR) is 107 cm³/mol. The maximum Gasteiger partial charge on any atom is 0.331 e. The average Bonchev–Trinajstić information content (AvgIpc) is 3.36. The average molecular weight is 400 g/mol. The van der Waals surface area contributed by atoms with Gasteiger partial charge in [-0.15, -0.1) is 0 Å². The molecule has 2 heterocycles. The van der Waals surface area contributed by atoms with Crippen LogP contribution in [0.15, 0.2) is 30.5 Å². The van der Waals surface area contributed by atoms with Crippen LogP contribution in [0.1, 0.15) is 38.2 Å². The van der Waals surface area contributed by atoms with E-state index in [0.29, 0.717) is 51.9 Å². The van der Waals surface area contributed by atoms with E-state index in [1.54, 1.807) is 4.90 Å². The highest BCUT2D eigenvalue weighted by atomic mass is 16.7. The summed E-state index contributed by atoms with van der Waals surface area (Å²) >= 11 is 0. The molecule has 1 aromatic carbocycles. The highest BCUT2D eigenvalue weighted by Crippen LogP contribution is 2.43. The van der Waals surface area contributed by atoms with E-state index >= 15 is 0 Å². The van der Waals surface area contributed by atoms with Gasteiger partial charge in [0.05, 0.1) is 20.3 Å². The number of aromatic nitrogens is 1. The molecular weight excluding hydrogens is 372 g/mol. The van der Waals surface area contributed by atoms with Gasteiger partial charge in [0.1, 0.15) is 5.54 Å². The third-order valence-electron chi connectivity index (χ3n) is 6.39. The lowest BCUT2D eigenvalue weighted by Crippen LogP contribution is -2.61. The monoisotopic (exact) mass is 400 g/mol. The molecule has 2 fully saturated rings. The van der Waals surface area contributed by atoms with E-state index in [-0.39, 0.29) is 11.9 Å². The number of benzene rings is 1. The van der Waals surface area contributed by atoms with Crippen molar-refractivity contribution >= 4 is 22.8 Å². The molecule has 0 bridgehead atoms. The summed E-state index contributed by atoms with van der Waals surface area (Å²) in [6.07, 6.45) is 4.70. The van der Waals surface area contributed by atoms with E-state index in [4.69, 9.17) is 14.2 Å². The van der Waals surface area contributed by atoms with E-state index in [0.717, 1.165) is 16.5 Å². The number of para-hydroxylation sites is 1. The van der Waals surface area contributed by atoms with Crippen molar-refractivity contribution in [3.8, 4) is 0 Å². The predicted octanol–water partition coefficient (Wildman–Crippen LogP) is 2.79. The first kappa shape index (κ1) is 19.9. The van der Waals surface area contributed by atoms with Crippen molar-refractivity contribution in [2.45, 2.75) is 50.4 Å². The van der Waals surface area contributed by atoms with Crippen molar-refractivity contribution in [2.24, 2.45) is 0 Å². The van der Waals surface area contributed by atoms with Crippen molar-refractivity contribution in [1.82, 2.24) is 9.88 Å². The summed E-state index contributed by atoms with van der Waals surface area (Å²) < 4.78 is 16.8. The minimum absolute atomic E-state index is 0.126. The lowest BCUT2D eigenvalue weighted by Gasteiger charge is -2.47. The zero-order valence-corrected chi connectivity index (χ0v) is 17.0. The van der Waals surface area contributed by atoms with Crippen LogP contribution in [0.5, 0.6) is 0 Å². The van der Waals surface area contributed by atoms with Crippen LogP contribution in [-0.2, 0) is 30.2 Å².